The minimum absolute atomic E-state index is 0.223. The van der Waals surface area contributed by atoms with Crippen molar-refractivity contribution in [3.8, 4) is 28.1 Å². The molecule has 2 nitrogen and oxygen atoms in total. The monoisotopic (exact) mass is 329 g/mol. The van der Waals surface area contributed by atoms with Crippen molar-refractivity contribution in [2.45, 2.75) is 13.3 Å². The van der Waals surface area contributed by atoms with Crippen LogP contribution in [-0.4, -0.2) is 11.3 Å². The molecule has 0 saturated heterocycles. The van der Waals surface area contributed by atoms with Gasteiger partial charge in [0.1, 0.15) is 5.75 Å². The summed E-state index contributed by atoms with van der Waals surface area (Å²) in [5.74, 6) is -0.223. The van der Waals surface area contributed by atoms with Gasteiger partial charge in [0.05, 0.1) is 5.69 Å². The van der Waals surface area contributed by atoms with Crippen LogP contribution in [0, 0.1) is 6.92 Å². The number of halogens is 3. The van der Waals surface area contributed by atoms with Gasteiger partial charge in [-0.05, 0) is 36.2 Å². The summed E-state index contributed by atoms with van der Waals surface area (Å²) in [6.45, 7) is 1.94. The van der Waals surface area contributed by atoms with Crippen LogP contribution in [0.2, 0.25) is 0 Å². The van der Waals surface area contributed by atoms with E-state index in [9.17, 15) is 13.2 Å². The highest BCUT2D eigenvalue weighted by molar-refractivity contribution is 5.75. The average molecular weight is 329 g/mol. The Labute approximate surface area is 137 Å². The van der Waals surface area contributed by atoms with Crippen LogP contribution in [0.3, 0.4) is 0 Å². The van der Waals surface area contributed by atoms with E-state index in [1.807, 2.05) is 25.1 Å². The number of hydrogen-bond acceptors (Lipinski definition) is 2. The zero-order chi connectivity index (χ0) is 17.2. The van der Waals surface area contributed by atoms with Gasteiger partial charge < -0.3 is 4.74 Å². The van der Waals surface area contributed by atoms with Crippen molar-refractivity contribution in [3.05, 3.63) is 72.4 Å². The van der Waals surface area contributed by atoms with E-state index in [1.54, 1.807) is 36.5 Å². The highest BCUT2D eigenvalue weighted by atomic mass is 19.4. The van der Waals surface area contributed by atoms with Gasteiger partial charge in [0, 0.05) is 17.3 Å². The molecule has 5 heteroatoms. The van der Waals surface area contributed by atoms with Crippen LogP contribution >= 0.6 is 0 Å². The van der Waals surface area contributed by atoms with Gasteiger partial charge >= 0.3 is 6.36 Å². The molecule has 0 radical (unpaired) electrons. The molecular weight excluding hydrogens is 315 g/mol. The quantitative estimate of drug-likeness (QED) is 0.622. The maximum absolute atomic E-state index is 12.6. The number of nitrogens with zero attached hydrogens (tertiary/aromatic N) is 1. The van der Waals surface area contributed by atoms with Gasteiger partial charge in [-0.3, -0.25) is 4.98 Å². The molecule has 0 aliphatic heterocycles. The molecule has 0 unspecified atom stereocenters. The summed E-state index contributed by atoms with van der Waals surface area (Å²) < 4.78 is 41.9. The van der Waals surface area contributed by atoms with Crippen molar-refractivity contribution in [2.75, 3.05) is 0 Å². The Morgan fingerprint density at radius 1 is 0.875 bits per heavy atom. The first-order valence-electron chi connectivity index (χ1n) is 7.31. The number of aryl methyl sites for hydroxylation is 1. The zero-order valence-electron chi connectivity index (χ0n) is 12.8. The number of rotatable bonds is 3. The number of pyridine rings is 1. The van der Waals surface area contributed by atoms with E-state index in [1.165, 1.54) is 12.1 Å². The molecule has 1 heterocycles. The van der Waals surface area contributed by atoms with Crippen molar-refractivity contribution >= 4 is 0 Å². The minimum atomic E-state index is -4.73. The molecule has 122 valence electrons. The Kier molecular flexibility index (Phi) is 4.25. The summed E-state index contributed by atoms with van der Waals surface area (Å²) in [4.78, 5) is 4.35. The largest absolute Gasteiger partial charge is 0.573 e. The summed E-state index contributed by atoms with van der Waals surface area (Å²) in [6.07, 6.45) is -2.98. The number of para-hydroxylation sites is 1. The number of hydrogen-bond donors (Lipinski definition) is 0. The van der Waals surface area contributed by atoms with Crippen LogP contribution in [0.1, 0.15) is 5.56 Å². The van der Waals surface area contributed by atoms with Crippen molar-refractivity contribution < 1.29 is 17.9 Å². The molecule has 0 amide bonds. The lowest BCUT2D eigenvalue weighted by Gasteiger charge is -2.14. The molecule has 3 aromatic rings. The molecule has 2 aromatic carbocycles. The molecule has 0 saturated carbocycles. The fourth-order valence-corrected chi connectivity index (χ4v) is 2.40. The van der Waals surface area contributed by atoms with Crippen molar-refractivity contribution in [2.24, 2.45) is 0 Å². The first-order chi connectivity index (χ1) is 11.4. The maximum atomic E-state index is 12.6. The Morgan fingerprint density at radius 2 is 1.62 bits per heavy atom. The lowest BCUT2D eigenvalue weighted by Crippen LogP contribution is -2.17. The third kappa shape index (κ3) is 3.74. The highest BCUT2D eigenvalue weighted by Gasteiger charge is 2.32. The molecule has 0 spiro atoms. The van der Waals surface area contributed by atoms with Crippen molar-refractivity contribution in [1.82, 2.24) is 4.98 Å². The molecular formula is C19H14F3NO. The van der Waals surface area contributed by atoms with Gasteiger partial charge in [-0.2, -0.15) is 0 Å². The van der Waals surface area contributed by atoms with Crippen LogP contribution in [0.4, 0.5) is 13.2 Å². The molecule has 0 atom stereocenters. The van der Waals surface area contributed by atoms with Crippen LogP contribution in [0.15, 0.2) is 66.9 Å². The lowest BCUT2D eigenvalue weighted by atomic mass is 10.0. The molecule has 24 heavy (non-hydrogen) atoms. The number of ether oxygens (including phenoxy) is 1. The minimum Gasteiger partial charge on any atom is -0.405 e. The predicted octanol–water partition coefficient (Wildman–Crippen LogP) is 5.62. The average Bonchev–Trinajstić information content (AvgIpc) is 2.55. The molecule has 0 aliphatic carbocycles. The first-order valence-corrected chi connectivity index (χ1v) is 7.31. The Hall–Kier alpha value is -2.82. The van der Waals surface area contributed by atoms with E-state index in [4.69, 9.17) is 0 Å². The molecule has 3 rings (SSSR count). The molecule has 0 bridgehead atoms. The maximum Gasteiger partial charge on any atom is 0.573 e. The second kappa shape index (κ2) is 6.35. The van der Waals surface area contributed by atoms with Crippen LogP contribution in [0.25, 0.3) is 22.4 Å². The third-order valence-electron chi connectivity index (χ3n) is 3.49. The molecule has 0 N–H and O–H groups in total. The van der Waals surface area contributed by atoms with Gasteiger partial charge in [0.15, 0.2) is 0 Å². The van der Waals surface area contributed by atoms with E-state index >= 15 is 0 Å². The standard InChI is InChI=1S/C19H14F3NO/c1-13-9-10-17(23-12-13)15-6-4-5-14(11-15)16-7-2-3-8-18(16)24-19(20,21)22/h2-12H,1H3. The van der Waals surface area contributed by atoms with Crippen molar-refractivity contribution in [1.29, 1.82) is 0 Å². The van der Waals surface area contributed by atoms with Gasteiger partial charge in [-0.1, -0.05) is 42.5 Å². The summed E-state index contributed by atoms with van der Waals surface area (Å²) in [7, 11) is 0. The van der Waals surface area contributed by atoms with Crippen molar-refractivity contribution in [3.63, 3.8) is 0 Å². The zero-order valence-corrected chi connectivity index (χ0v) is 12.8. The summed E-state index contributed by atoms with van der Waals surface area (Å²) >= 11 is 0. The number of alkyl halides is 3. The lowest BCUT2D eigenvalue weighted by molar-refractivity contribution is -0.274. The van der Waals surface area contributed by atoms with E-state index in [-0.39, 0.29) is 5.75 Å². The van der Waals surface area contributed by atoms with E-state index in [0.29, 0.717) is 11.1 Å². The van der Waals surface area contributed by atoms with E-state index in [0.717, 1.165) is 16.8 Å². The summed E-state index contributed by atoms with van der Waals surface area (Å²) in [6, 6.07) is 17.1. The third-order valence-corrected chi connectivity index (χ3v) is 3.49. The second-order valence-corrected chi connectivity index (χ2v) is 5.35. The van der Waals surface area contributed by atoms with Gasteiger partial charge in [0.2, 0.25) is 0 Å². The van der Waals surface area contributed by atoms with Crippen LogP contribution in [-0.2, 0) is 0 Å². The number of benzene rings is 2. The van der Waals surface area contributed by atoms with Crippen LogP contribution < -0.4 is 4.74 Å². The Morgan fingerprint density at radius 3 is 2.33 bits per heavy atom. The molecule has 0 aliphatic rings. The van der Waals surface area contributed by atoms with Crippen LogP contribution in [0.5, 0.6) is 5.75 Å². The number of aromatic nitrogens is 1. The fraction of sp³-hybridized carbons (Fsp3) is 0.105. The van der Waals surface area contributed by atoms with Gasteiger partial charge in [0.25, 0.3) is 0 Å². The summed E-state index contributed by atoms with van der Waals surface area (Å²) in [5.41, 5.74) is 3.64. The van der Waals surface area contributed by atoms with E-state index < -0.39 is 6.36 Å². The normalized spacial score (nSPS) is 11.3. The highest BCUT2D eigenvalue weighted by Crippen LogP contribution is 2.35. The SMILES string of the molecule is Cc1ccc(-c2cccc(-c3ccccc3OC(F)(F)F)c2)nc1. The van der Waals surface area contributed by atoms with Gasteiger partial charge in [-0.15, -0.1) is 13.2 Å². The van der Waals surface area contributed by atoms with E-state index in [2.05, 4.69) is 9.72 Å². The first kappa shape index (κ1) is 16.1. The topological polar surface area (TPSA) is 22.1 Å². The predicted molar refractivity (Wildman–Crippen MR) is 86.5 cm³/mol. The summed E-state index contributed by atoms with van der Waals surface area (Å²) in [5, 5.41) is 0. The smallest absolute Gasteiger partial charge is 0.405 e. The molecule has 1 aromatic heterocycles. The Balaban J connectivity index is 2.02. The van der Waals surface area contributed by atoms with Gasteiger partial charge in [-0.25, -0.2) is 0 Å². The second-order valence-electron chi connectivity index (χ2n) is 5.35. The molecule has 0 fully saturated rings. The Bertz CT molecular complexity index is 842. The fourth-order valence-electron chi connectivity index (χ4n) is 2.40.